The van der Waals surface area contributed by atoms with Crippen LogP contribution in [0, 0.1) is 6.92 Å². The SMILES string of the molecule is Cc1cc(N(C2CC2)C2CCN(C(=O)C3CCC(=O)N3)CC2)ncn1. The van der Waals surface area contributed by atoms with Crippen LogP contribution in [0.3, 0.4) is 0 Å². The third-order valence-corrected chi connectivity index (χ3v) is 5.46. The van der Waals surface area contributed by atoms with E-state index in [1.165, 1.54) is 12.8 Å². The number of hydrogen-bond acceptors (Lipinski definition) is 5. The fourth-order valence-electron chi connectivity index (χ4n) is 3.99. The van der Waals surface area contributed by atoms with Gasteiger partial charge in [-0.25, -0.2) is 9.97 Å². The third-order valence-electron chi connectivity index (χ3n) is 5.46. The van der Waals surface area contributed by atoms with Crippen LogP contribution in [0.25, 0.3) is 0 Å². The van der Waals surface area contributed by atoms with Crippen LogP contribution >= 0.6 is 0 Å². The van der Waals surface area contributed by atoms with E-state index in [0.717, 1.165) is 37.4 Å². The van der Waals surface area contributed by atoms with Crippen molar-refractivity contribution >= 4 is 17.6 Å². The zero-order valence-electron chi connectivity index (χ0n) is 14.6. The number of hydrogen-bond donors (Lipinski definition) is 1. The van der Waals surface area contributed by atoms with Crippen LogP contribution in [0.4, 0.5) is 5.82 Å². The predicted molar refractivity (Wildman–Crippen MR) is 93.0 cm³/mol. The lowest BCUT2D eigenvalue weighted by Gasteiger charge is -2.40. The van der Waals surface area contributed by atoms with Gasteiger partial charge in [0.1, 0.15) is 18.2 Å². The number of nitrogens with one attached hydrogen (secondary N) is 1. The summed E-state index contributed by atoms with van der Waals surface area (Å²) < 4.78 is 0. The number of amides is 2. The van der Waals surface area contributed by atoms with Crippen molar-refractivity contribution in [3.63, 3.8) is 0 Å². The summed E-state index contributed by atoms with van der Waals surface area (Å²) in [4.78, 5) is 37.0. The molecule has 7 heteroatoms. The first kappa shape index (κ1) is 16.3. The number of aryl methyl sites for hydroxylation is 1. The van der Waals surface area contributed by atoms with Crippen molar-refractivity contribution in [3.8, 4) is 0 Å². The second-order valence-electron chi connectivity index (χ2n) is 7.37. The van der Waals surface area contributed by atoms with Crippen molar-refractivity contribution in [1.82, 2.24) is 20.2 Å². The predicted octanol–water partition coefficient (Wildman–Crippen LogP) is 1.02. The molecule has 1 atom stereocenters. The molecule has 2 saturated heterocycles. The molecule has 2 amide bonds. The molecule has 134 valence electrons. The number of piperidine rings is 1. The zero-order chi connectivity index (χ0) is 17.4. The van der Waals surface area contributed by atoms with E-state index in [-0.39, 0.29) is 17.9 Å². The minimum Gasteiger partial charge on any atom is -0.350 e. The van der Waals surface area contributed by atoms with Gasteiger partial charge in [-0.2, -0.15) is 0 Å². The van der Waals surface area contributed by atoms with Gasteiger partial charge in [0.05, 0.1) is 0 Å². The van der Waals surface area contributed by atoms with E-state index in [1.54, 1.807) is 6.33 Å². The van der Waals surface area contributed by atoms with E-state index in [9.17, 15) is 9.59 Å². The van der Waals surface area contributed by atoms with Crippen LogP contribution in [0.1, 0.15) is 44.2 Å². The van der Waals surface area contributed by atoms with E-state index < -0.39 is 0 Å². The molecule has 4 rings (SSSR count). The summed E-state index contributed by atoms with van der Waals surface area (Å²) >= 11 is 0. The van der Waals surface area contributed by atoms with Crippen molar-refractivity contribution in [2.24, 2.45) is 0 Å². The van der Waals surface area contributed by atoms with Gasteiger partial charge in [-0.15, -0.1) is 0 Å². The number of aromatic nitrogens is 2. The van der Waals surface area contributed by atoms with Crippen molar-refractivity contribution in [2.45, 2.75) is 63.6 Å². The highest BCUT2D eigenvalue weighted by Gasteiger charge is 2.38. The highest BCUT2D eigenvalue weighted by atomic mass is 16.2. The Bertz CT molecular complexity index is 667. The monoisotopic (exact) mass is 343 g/mol. The van der Waals surface area contributed by atoms with Gasteiger partial charge in [-0.3, -0.25) is 9.59 Å². The Hall–Kier alpha value is -2.18. The molecule has 3 fully saturated rings. The van der Waals surface area contributed by atoms with Crippen molar-refractivity contribution in [1.29, 1.82) is 0 Å². The van der Waals surface area contributed by atoms with Gasteiger partial charge in [-0.05, 0) is 39.0 Å². The van der Waals surface area contributed by atoms with Crippen LogP contribution in [0.5, 0.6) is 0 Å². The minimum absolute atomic E-state index is 0.00715. The molecule has 25 heavy (non-hydrogen) atoms. The molecule has 1 N–H and O–H groups in total. The molecule has 3 aliphatic rings. The number of rotatable bonds is 4. The molecule has 0 aromatic carbocycles. The Morgan fingerprint density at radius 3 is 2.48 bits per heavy atom. The Morgan fingerprint density at radius 1 is 1.16 bits per heavy atom. The average Bonchev–Trinajstić information content (AvgIpc) is 3.35. The highest BCUT2D eigenvalue weighted by Crippen LogP contribution is 2.35. The lowest BCUT2D eigenvalue weighted by Crippen LogP contribution is -2.51. The fraction of sp³-hybridized carbons (Fsp3) is 0.667. The van der Waals surface area contributed by atoms with Crippen LogP contribution in [0.15, 0.2) is 12.4 Å². The number of carbonyl (C=O) groups excluding carboxylic acids is 2. The molecule has 1 saturated carbocycles. The van der Waals surface area contributed by atoms with Crippen LogP contribution in [-0.4, -0.2) is 57.9 Å². The van der Waals surface area contributed by atoms with Crippen molar-refractivity contribution in [3.05, 3.63) is 18.1 Å². The molecule has 1 aliphatic carbocycles. The second kappa shape index (κ2) is 6.61. The van der Waals surface area contributed by atoms with Crippen molar-refractivity contribution < 1.29 is 9.59 Å². The standard InChI is InChI=1S/C18H25N5O2/c1-12-10-16(20-11-19-12)23(13-2-3-13)14-6-8-22(9-7-14)18(25)15-4-5-17(24)21-15/h10-11,13-15H,2-9H2,1H3,(H,21,24). The van der Waals surface area contributed by atoms with Gasteiger partial charge in [0, 0.05) is 43.4 Å². The molecule has 7 nitrogen and oxygen atoms in total. The van der Waals surface area contributed by atoms with Gasteiger partial charge >= 0.3 is 0 Å². The summed E-state index contributed by atoms with van der Waals surface area (Å²) in [6, 6.07) is 2.75. The highest BCUT2D eigenvalue weighted by molar-refractivity contribution is 5.90. The maximum atomic E-state index is 12.6. The Kier molecular flexibility index (Phi) is 4.31. The quantitative estimate of drug-likeness (QED) is 0.883. The first-order valence-corrected chi connectivity index (χ1v) is 9.27. The normalized spacial score (nSPS) is 24.3. The van der Waals surface area contributed by atoms with Gasteiger partial charge in [0.15, 0.2) is 0 Å². The number of likely N-dealkylation sites (tertiary alicyclic amines) is 1. The van der Waals surface area contributed by atoms with Gasteiger partial charge in [0.25, 0.3) is 0 Å². The smallest absolute Gasteiger partial charge is 0.245 e. The van der Waals surface area contributed by atoms with Gasteiger partial charge < -0.3 is 15.1 Å². The summed E-state index contributed by atoms with van der Waals surface area (Å²) in [6.07, 6.45) is 7.08. The van der Waals surface area contributed by atoms with Crippen molar-refractivity contribution in [2.75, 3.05) is 18.0 Å². The van der Waals surface area contributed by atoms with E-state index >= 15 is 0 Å². The summed E-state index contributed by atoms with van der Waals surface area (Å²) in [5.74, 6) is 1.09. The van der Waals surface area contributed by atoms with E-state index in [2.05, 4.69) is 26.3 Å². The summed E-state index contributed by atoms with van der Waals surface area (Å²) in [6.45, 7) is 3.50. The summed E-state index contributed by atoms with van der Waals surface area (Å²) in [5.41, 5.74) is 0.986. The largest absolute Gasteiger partial charge is 0.350 e. The number of anilines is 1. The fourth-order valence-corrected chi connectivity index (χ4v) is 3.99. The molecule has 1 unspecified atom stereocenters. The Labute approximate surface area is 147 Å². The topological polar surface area (TPSA) is 78.4 Å². The molecule has 0 radical (unpaired) electrons. The summed E-state index contributed by atoms with van der Waals surface area (Å²) in [7, 11) is 0. The molecule has 3 heterocycles. The molecular formula is C18H25N5O2. The zero-order valence-corrected chi connectivity index (χ0v) is 14.6. The van der Waals surface area contributed by atoms with E-state index in [0.29, 0.717) is 24.9 Å². The Morgan fingerprint density at radius 2 is 1.88 bits per heavy atom. The maximum Gasteiger partial charge on any atom is 0.245 e. The van der Waals surface area contributed by atoms with Gasteiger partial charge in [0.2, 0.25) is 11.8 Å². The lowest BCUT2D eigenvalue weighted by atomic mass is 10.0. The molecule has 0 bridgehead atoms. The molecular weight excluding hydrogens is 318 g/mol. The lowest BCUT2D eigenvalue weighted by molar-refractivity contribution is -0.135. The first-order valence-electron chi connectivity index (χ1n) is 9.27. The minimum atomic E-state index is -0.312. The first-order chi connectivity index (χ1) is 12.1. The number of nitrogens with zero attached hydrogens (tertiary/aromatic N) is 4. The Balaban J connectivity index is 1.40. The second-order valence-corrected chi connectivity index (χ2v) is 7.37. The number of carbonyl (C=O) groups is 2. The van der Waals surface area contributed by atoms with E-state index in [4.69, 9.17) is 0 Å². The maximum absolute atomic E-state index is 12.6. The molecule has 1 aromatic rings. The molecule has 2 aliphatic heterocycles. The summed E-state index contributed by atoms with van der Waals surface area (Å²) in [5, 5.41) is 2.79. The molecule has 1 aromatic heterocycles. The third kappa shape index (κ3) is 3.45. The van der Waals surface area contributed by atoms with Crippen LogP contribution < -0.4 is 10.2 Å². The van der Waals surface area contributed by atoms with E-state index in [1.807, 2.05) is 11.8 Å². The van der Waals surface area contributed by atoms with Crippen LogP contribution in [-0.2, 0) is 9.59 Å². The van der Waals surface area contributed by atoms with Crippen LogP contribution in [0.2, 0.25) is 0 Å². The average molecular weight is 343 g/mol. The van der Waals surface area contributed by atoms with Gasteiger partial charge in [-0.1, -0.05) is 0 Å². The molecule has 0 spiro atoms.